The minimum absolute atomic E-state index is 0.136. The van der Waals surface area contributed by atoms with Crippen LogP contribution in [0.2, 0.25) is 0 Å². The summed E-state index contributed by atoms with van der Waals surface area (Å²) in [5.74, 6) is -4.44. The van der Waals surface area contributed by atoms with Gasteiger partial charge in [-0.2, -0.15) is 0 Å². The fourth-order valence-electron chi connectivity index (χ4n) is 4.11. The van der Waals surface area contributed by atoms with Gasteiger partial charge in [-0.05, 0) is 45.5 Å². The van der Waals surface area contributed by atoms with Crippen LogP contribution < -0.4 is 15.6 Å². The lowest BCUT2D eigenvalue weighted by molar-refractivity contribution is 0.0695. The van der Waals surface area contributed by atoms with Crippen molar-refractivity contribution in [3.63, 3.8) is 0 Å². The molecule has 4 rings (SSSR count). The van der Waals surface area contributed by atoms with Crippen molar-refractivity contribution in [3.8, 4) is 5.69 Å². The van der Waals surface area contributed by atoms with Gasteiger partial charge in [0.05, 0.1) is 28.9 Å². The van der Waals surface area contributed by atoms with Crippen LogP contribution >= 0.6 is 0 Å². The summed E-state index contributed by atoms with van der Waals surface area (Å²) >= 11 is 0. The van der Waals surface area contributed by atoms with Crippen LogP contribution in [-0.4, -0.2) is 58.6 Å². The first kappa shape index (κ1) is 25.2. The Labute approximate surface area is 203 Å². The Kier molecular flexibility index (Phi) is 6.72. The summed E-state index contributed by atoms with van der Waals surface area (Å²) in [4.78, 5) is 35.7. The summed E-state index contributed by atoms with van der Waals surface area (Å²) in [5, 5.41) is 16.5. The number of piperidine rings is 1. The summed E-state index contributed by atoms with van der Waals surface area (Å²) in [7, 11) is 1.78. The Morgan fingerprint density at radius 2 is 2.03 bits per heavy atom. The molecule has 0 radical (unpaired) electrons. The van der Waals surface area contributed by atoms with Gasteiger partial charge in [0.2, 0.25) is 5.43 Å². The molecule has 0 amide bonds. The van der Waals surface area contributed by atoms with Gasteiger partial charge in [-0.25, -0.2) is 22.9 Å². The van der Waals surface area contributed by atoms with E-state index in [2.05, 4.69) is 15.5 Å². The molecule has 36 heavy (non-hydrogen) atoms. The summed E-state index contributed by atoms with van der Waals surface area (Å²) in [6, 6.07) is 3.56. The molecule has 0 aliphatic carbocycles. The zero-order valence-electron chi connectivity index (χ0n) is 19.8. The van der Waals surface area contributed by atoms with Crippen LogP contribution in [0.25, 0.3) is 16.7 Å². The lowest BCUT2D eigenvalue weighted by atomic mass is 9.87. The highest BCUT2D eigenvalue weighted by Crippen LogP contribution is 2.29. The van der Waals surface area contributed by atoms with Crippen LogP contribution in [0, 0.1) is 17.5 Å². The fourth-order valence-corrected chi connectivity index (χ4v) is 4.11. The lowest BCUT2D eigenvalue weighted by Crippen LogP contribution is -2.58. The van der Waals surface area contributed by atoms with E-state index in [-0.39, 0.29) is 29.1 Å². The summed E-state index contributed by atoms with van der Waals surface area (Å²) < 4.78 is 44.6. The SMILES string of the molecule is CCO/N=C1\CN(c2nc3c(cc2F)c(=O)c(C(=O)O)cn3-c2ccc(F)cc2F)CCC1(C)NC. The summed E-state index contributed by atoms with van der Waals surface area (Å²) in [6.07, 6.45) is 1.42. The van der Waals surface area contributed by atoms with Gasteiger partial charge >= 0.3 is 5.97 Å². The zero-order valence-corrected chi connectivity index (χ0v) is 19.8. The third kappa shape index (κ3) is 4.39. The number of nitrogens with zero attached hydrogens (tertiary/aromatic N) is 4. The molecule has 190 valence electrons. The van der Waals surface area contributed by atoms with Gasteiger partial charge in [0.1, 0.15) is 23.8 Å². The number of nitrogens with one attached hydrogen (secondary N) is 1. The minimum Gasteiger partial charge on any atom is -0.477 e. The number of aromatic carboxylic acids is 1. The number of carboxylic acid groups (broad SMARTS) is 1. The predicted molar refractivity (Wildman–Crippen MR) is 128 cm³/mol. The van der Waals surface area contributed by atoms with Crippen LogP contribution in [0.4, 0.5) is 19.0 Å². The highest BCUT2D eigenvalue weighted by Gasteiger charge is 2.37. The monoisotopic (exact) mass is 503 g/mol. The molecule has 12 heteroatoms. The Bertz CT molecular complexity index is 1440. The van der Waals surface area contributed by atoms with Gasteiger partial charge in [-0.3, -0.25) is 9.36 Å². The molecule has 0 saturated carbocycles. The quantitative estimate of drug-likeness (QED) is 0.498. The van der Waals surface area contributed by atoms with E-state index in [1.54, 1.807) is 18.9 Å². The fraction of sp³-hybridized carbons (Fsp3) is 0.333. The molecule has 1 aliphatic heterocycles. The molecule has 1 saturated heterocycles. The Hall–Kier alpha value is -3.93. The van der Waals surface area contributed by atoms with Crippen molar-refractivity contribution in [2.75, 3.05) is 31.6 Å². The number of aromatic nitrogens is 2. The van der Waals surface area contributed by atoms with E-state index < -0.39 is 40.0 Å². The second-order valence-corrected chi connectivity index (χ2v) is 8.52. The second-order valence-electron chi connectivity index (χ2n) is 8.52. The molecular weight excluding hydrogens is 479 g/mol. The number of pyridine rings is 2. The molecule has 2 aromatic heterocycles. The maximum Gasteiger partial charge on any atom is 0.341 e. The minimum atomic E-state index is -1.58. The number of anilines is 1. The Morgan fingerprint density at radius 3 is 2.67 bits per heavy atom. The molecule has 9 nitrogen and oxygen atoms in total. The van der Waals surface area contributed by atoms with E-state index in [0.717, 1.165) is 29.0 Å². The number of hydrogen-bond acceptors (Lipinski definition) is 7. The van der Waals surface area contributed by atoms with Crippen molar-refractivity contribution in [1.82, 2.24) is 14.9 Å². The zero-order chi connectivity index (χ0) is 26.2. The number of rotatable bonds is 6. The van der Waals surface area contributed by atoms with Gasteiger partial charge in [-0.15, -0.1) is 0 Å². The number of oxime groups is 1. The maximum atomic E-state index is 15.3. The molecule has 0 spiro atoms. The molecule has 1 aromatic carbocycles. The van der Waals surface area contributed by atoms with Gasteiger partial charge in [0.25, 0.3) is 0 Å². The van der Waals surface area contributed by atoms with Crippen molar-refractivity contribution < 1.29 is 27.9 Å². The molecule has 0 bridgehead atoms. The molecule has 1 aliphatic rings. The van der Waals surface area contributed by atoms with Crippen molar-refractivity contribution in [3.05, 3.63) is 63.7 Å². The Morgan fingerprint density at radius 1 is 1.28 bits per heavy atom. The van der Waals surface area contributed by atoms with E-state index >= 15 is 4.39 Å². The van der Waals surface area contributed by atoms with Gasteiger partial charge in [-0.1, -0.05) is 5.16 Å². The van der Waals surface area contributed by atoms with Crippen LogP contribution in [0.1, 0.15) is 30.6 Å². The predicted octanol–water partition coefficient (Wildman–Crippen LogP) is 3.08. The topological polar surface area (TPSA) is 109 Å². The standard InChI is InChI=1S/C24H24F3N5O4/c1-4-36-30-19-12-31(8-7-24(19,2)28-3)22-17(27)10-14-20(33)15(23(34)35)11-32(21(14)29-22)18-6-5-13(25)9-16(18)26/h5-6,9-11,28H,4,7-8,12H2,1-3H3,(H,34,35)/b30-19+. The molecule has 2 N–H and O–H groups in total. The number of carbonyl (C=O) groups is 1. The van der Waals surface area contributed by atoms with E-state index in [1.807, 2.05) is 6.92 Å². The highest BCUT2D eigenvalue weighted by atomic mass is 19.1. The average molecular weight is 503 g/mol. The Balaban J connectivity index is 1.93. The molecular formula is C24H24F3N5O4. The van der Waals surface area contributed by atoms with Crippen LogP contribution in [0.5, 0.6) is 0 Å². The van der Waals surface area contributed by atoms with Gasteiger partial charge in [0, 0.05) is 18.8 Å². The van der Waals surface area contributed by atoms with Crippen molar-refractivity contribution >= 4 is 28.5 Å². The van der Waals surface area contributed by atoms with Crippen LogP contribution in [-0.2, 0) is 4.84 Å². The third-order valence-corrected chi connectivity index (χ3v) is 6.33. The molecule has 1 atom stereocenters. The number of fused-ring (bicyclic) bond motifs is 1. The largest absolute Gasteiger partial charge is 0.477 e. The first-order valence-electron chi connectivity index (χ1n) is 11.2. The first-order valence-corrected chi connectivity index (χ1v) is 11.2. The molecule has 3 heterocycles. The number of hydrogen-bond donors (Lipinski definition) is 2. The van der Waals surface area contributed by atoms with E-state index in [4.69, 9.17) is 4.84 Å². The molecule has 1 unspecified atom stereocenters. The number of carboxylic acids is 1. The van der Waals surface area contributed by atoms with Crippen molar-refractivity contribution in [1.29, 1.82) is 0 Å². The molecule has 1 fully saturated rings. The van der Waals surface area contributed by atoms with Crippen LogP contribution in [0.3, 0.4) is 0 Å². The van der Waals surface area contributed by atoms with Crippen LogP contribution in [0.15, 0.2) is 40.4 Å². The van der Waals surface area contributed by atoms with Crippen molar-refractivity contribution in [2.24, 2.45) is 5.16 Å². The van der Waals surface area contributed by atoms with Crippen molar-refractivity contribution in [2.45, 2.75) is 25.8 Å². The lowest BCUT2D eigenvalue weighted by Gasteiger charge is -2.40. The smallest absolute Gasteiger partial charge is 0.341 e. The van der Waals surface area contributed by atoms with Gasteiger partial charge < -0.3 is 20.2 Å². The number of halogens is 3. The second kappa shape index (κ2) is 9.61. The highest BCUT2D eigenvalue weighted by molar-refractivity contribution is 5.98. The number of benzene rings is 1. The molecule has 3 aromatic rings. The average Bonchev–Trinajstić information content (AvgIpc) is 2.84. The summed E-state index contributed by atoms with van der Waals surface area (Å²) in [5.41, 5.74) is -2.04. The third-order valence-electron chi connectivity index (χ3n) is 6.33. The van der Waals surface area contributed by atoms with Gasteiger partial charge in [0.15, 0.2) is 17.3 Å². The van der Waals surface area contributed by atoms with E-state index in [0.29, 0.717) is 31.4 Å². The normalized spacial score (nSPS) is 19.2. The summed E-state index contributed by atoms with van der Waals surface area (Å²) in [6.45, 7) is 4.57. The first-order chi connectivity index (χ1) is 17.1. The van der Waals surface area contributed by atoms with E-state index in [1.165, 1.54) is 0 Å². The maximum absolute atomic E-state index is 15.3. The van der Waals surface area contributed by atoms with E-state index in [9.17, 15) is 23.5 Å².